The maximum absolute atomic E-state index is 13.8. The van der Waals surface area contributed by atoms with E-state index in [1.165, 1.54) is 12.1 Å². The zero-order valence-corrected chi connectivity index (χ0v) is 14.5. The molecule has 1 saturated heterocycles. The van der Waals surface area contributed by atoms with Crippen molar-refractivity contribution in [1.29, 1.82) is 0 Å². The van der Waals surface area contributed by atoms with Crippen LogP contribution in [0.25, 0.3) is 0 Å². The number of para-hydroxylation sites is 1. The van der Waals surface area contributed by atoms with Crippen LogP contribution in [-0.2, 0) is 9.53 Å². The molecule has 0 saturated carbocycles. The number of hydrogen-bond acceptors (Lipinski definition) is 5. The zero-order valence-electron chi connectivity index (χ0n) is 14.5. The third-order valence-electron chi connectivity index (χ3n) is 4.39. The van der Waals surface area contributed by atoms with Crippen LogP contribution in [0.5, 0.6) is 0 Å². The number of ether oxygens (including phenoxy) is 1. The number of amides is 1. The molecule has 0 unspecified atom stereocenters. The minimum atomic E-state index is -0.786. The van der Waals surface area contributed by atoms with Gasteiger partial charge in [-0.15, -0.1) is 0 Å². The zero-order chi connectivity index (χ0) is 19.4. The van der Waals surface area contributed by atoms with Gasteiger partial charge in [0.05, 0.1) is 11.3 Å². The van der Waals surface area contributed by atoms with Gasteiger partial charge in [0.25, 0.3) is 5.91 Å². The summed E-state index contributed by atoms with van der Waals surface area (Å²) in [7, 11) is 0. The van der Waals surface area contributed by atoms with E-state index >= 15 is 0 Å². The summed E-state index contributed by atoms with van der Waals surface area (Å²) in [6.45, 7) is 1.30. The van der Waals surface area contributed by atoms with E-state index in [9.17, 15) is 18.4 Å². The molecule has 3 rings (SSSR count). The van der Waals surface area contributed by atoms with Crippen molar-refractivity contribution in [1.82, 2.24) is 4.90 Å². The van der Waals surface area contributed by atoms with Crippen LogP contribution in [0.3, 0.4) is 0 Å². The SMILES string of the molecule is Nc1cc(F)ccc1C(=O)OCC(=O)N1CCN(c2ccccc2F)CC1. The lowest BCUT2D eigenvalue weighted by Gasteiger charge is -2.36. The van der Waals surface area contributed by atoms with Crippen molar-refractivity contribution in [2.75, 3.05) is 43.4 Å². The highest BCUT2D eigenvalue weighted by atomic mass is 19.1. The van der Waals surface area contributed by atoms with Crippen LogP contribution >= 0.6 is 0 Å². The van der Waals surface area contributed by atoms with Crippen molar-refractivity contribution in [2.24, 2.45) is 0 Å². The molecule has 0 aromatic heterocycles. The molecule has 1 fully saturated rings. The Morgan fingerprint density at radius 3 is 2.41 bits per heavy atom. The second kappa shape index (κ2) is 8.03. The molecule has 1 heterocycles. The summed E-state index contributed by atoms with van der Waals surface area (Å²) in [4.78, 5) is 27.7. The Balaban J connectivity index is 1.51. The second-order valence-electron chi connectivity index (χ2n) is 6.13. The molecule has 142 valence electrons. The van der Waals surface area contributed by atoms with Crippen molar-refractivity contribution < 1.29 is 23.1 Å². The molecule has 2 N–H and O–H groups in total. The number of carbonyl (C=O) groups excluding carboxylic acids is 2. The largest absolute Gasteiger partial charge is 0.452 e. The number of nitrogen functional groups attached to an aromatic ring is 1. The predicted molar refractivity (Wildman–Crippen MR) is 96.3 cm³/mol. The summed E-state index contributed by atoms with van der Waals surface area (Å²) in [5.41, 5.74) is 6.04. The molecule has 0 atom stereocenters. The number of rotatable bonds is 4. The van der Waals surface area contributed by atoms with Crippen molar-refractivity contribution in [3.63, 3.8) is 0 Å². The molecule has 2 aromatic rings. The standard InChI is InChI=1S/C19H19F2N3O3/c20-13-5-6-14(16(22)11-13)19(26)27-12-18(25)24-9-7-23(8-10-24)17-4-2-1-3-15(17)21/h1-6,11H,7-10,12,22H2. The highest BCUT2D eigenvalue weighted by Crippen LogP contribution is 2.20. The van der Waals surface area contributed by atoms with Gasteiger partial charge in [-0.05, 0) is 30.3 Å². The summed E-state index contributed by atoms with van der Waals surface area (Å²) in [5, 5.41) is 0. The van der Waals surface area contributed by atoms with Gasteiger partial charge in [0.15, 0.2) is 6.61 Å². The Morgan fingerprint density at radius 1 is 1.04 bits per heavy atom. The van der Waals surface area contributed by atoms with Crippen LogP contribution in [0, 0.1) is 11.6 Å². The first-order valence-corrected chi connectivity index (χ1v) is 8.45. The van der Waals surface area contributed by atoms with Gasteiger partial charge in [-0.3, -0.25) is 4.79 Å². The van der Waals surface area contributed by atoms with E-state index in [1.54, 1.807) is 23.1 Å². The molecule has 1 aliphatic heterocycles. The van der Waals surface area contributed by atoms with Crippen molar-refractivity contribution >= 4 is 23.3 Å². The van der Waals surface area contributed by atoms with E-state index in [4.69, 9.17) is 10.5 Å². The third kappa shape index (κ3) is 4.33. The number of hydrogen-bond donors (Lipinski definition) is 1. The highest BCUT2D eigenvalue weighted by molar-refractivity contribution is 5.96. The van der Waals surface area contributed by atoms with E-state index in [0.29, 0.717) is 31.9 Å². The van der Waals surface area contributed by atoms with Gasteiger partial charge in [-0.1, -0.05) is 12.1 Å². The fourth-order valence-corrected chi connectivity index (χ4v) is 2.92. The van der Waals surface area contributed by atoms with E-state index < -0.39 is 18.4 Å². The summed E-state index contributed by atoms with van der Waals surface area (Å²) in [6, 6.07) is 9.80. The maximum Gasteiger partial charge on any atom is 0.340 e. The summed E-state index contributed by atoms with van der Waals surface area (Å²) < 4.78 is 31.9. The van der Waals surface area contributed by atoms with Gasteiger partial charge in [-0.25, -0.2) is 13.6 Å². The highest BCUT2D eigenvalue weighted by Gasteiger charge is 2.24. The summed E-state index contributed by atoms with van der Waals surface area (Å²) in [6.07, 6.45) is 0. The molecule has 0 radical (unpaired) electrons. The number of piperazine rings is 1. The van der Waals surface area contributed by atoms with Crippen LogP contribution in [0.1, 0.15) is 10.4 Å². The number of esters is 1. The first-order valence-electron chi connectivity index (χ1n) is 8.45. The molecule has 8 heteroatoms. The van der Waals surface area contributed by atoms with Gasteiger partial charge in [0, 0.05) is 31.9 Å². The molecule has 0 spiro atoms. The Bertz CT molecular complexity index is 852. The first-order chi connectivity index (χ1) is 13.0. The number of anilines is 2. The Labute approximate surface area is 155 Å². The number of nitrogens with two attached hydrogens (primary N) is 1. The van der Waals surface area contributed by atoms with Crippen molar-refractivity contribution in [2.45, 2.75) is 0 Å². The minimum absolute atomic E-state index is 0.00794. The number of benzene rings is 2. The molecular weight excluding hydrogens is 356 g/mol. The maximum atomic E-state index is 13.8. The monoisotopic (exact) mass is 375 g/mol. The van der Waals surface area contributed by atoms with Crippen LogP contribution in [0.2, 0.25) is 0 Å². The predicted octanol–water partition coefficient (Wildman–Crippen LogP) is 2.05. The number of nitrogens with zero attached hydrogens (tertiary/aromatic N) is 2. The normalized spacial score (nSPS) is 14.1. The van der Waals surface area contributed by atoms with Gasteiger partial charge in [0.2, 0.25) is 0 Å². The van der Waals surface area contributed by atoms with Crippen LogP contribution < -0.4 is 10.6 Å². The molecule has 1 amide bonds. The Hall–Kier alpha value is -3.16. The third-order valence-corrected chi connectivity index (χ3v) is 4.39. The summed E-state index contributed by atoms with van der Waals surface area (Å²) >= 11 is 0. The van der Waals surface area contributed by atoms with E-state index in [-0.39, 0.29) is 23.0 Å². The van der Waals surface area contributed by atoms with Crippen LogP contribution in [0.4, 0.5) is 20.2 Å². The fourth-order valence-electron chi connectivity index (χ4n) is 2.92. The smallest absolute Gasteiger partial charge is 0.340 e. The molecule has 0 aliphatic carbocycles. The average molecular weight is 375 g/mol. The lowest BCUT2D eigenvalue weighted by atomic mass is 10.2. The Kier molecular flexibility index (Phi) is 5.54. The lowest BCUT2D eigenvalue weighted by Crippen LogP contribution is -2.50. The summed E-state index contributed by atoms with van der Waals surface area (Å²) in [5.74, 6) is -2.00. The van der Waals surface area contributed by atoms with E-state index in [1.807, 2.05) is 4.90 Å². The molecule has 2 aromatic carbocycles. The molecule has 6 nitrogen and oxygen atoms in total. The van der Waals surface area contributed by atoms with Crippen molar-refractivity contribution in [3.8, 4) is 0 Å². The van der Waals surface area contributed by atoms with Crippen LogP contribution in [0.15, 0.2) is 42.5 Å². The van der Waals surface area contributed by atoms with E-state index in [2.05, 4.69) is 0 Å². The lowest BCUT2D eigenvalue weighted by molar-refractivity contribution is -0.134. The second-order valence-corrected chi connectivity index (χ2v) is 6.13. The molecular formula is C19H19F2N3O3. The van der Waals surface area contributed by atoms with Gasteiger partial charge in [0.1, 0.15) is 11.6 Å². The average Bonchev–Trinajstić information content (AvgIpc) is 2.66. The quantitative estimate of drug-likeness (QED) is 0.654. The van der Waals surface area contributed by atoms with E-state index in [0.717, 1.165) is 12.1 Å². The topological polar surface area (TPSA) is 75.9 Å². The number of halogens is 2. The van der Waals surface area contributed by atoms with Gasteiger partial charge in [-0.2, -0.15) is 0 Å². The first kappa shape index (κ1) is 18.6. The van der Waals surface area contributed by atoms with Crippen molar-refractivity contribution in [3.05, 3.63) is 59.7 Å². The molecule has 27 heavy (non-hydrogen) atoms. The Morgan fingerprint density at radius 2 is 1.74 bits per heavy atom. The minimum Gasteiger partial charge on any atom is -0.452 e. The molecule has 1 aliphatic rings. The molecule has 0 bridgehead atoms. The number of carbonyl (C=O) groups is 2. The van der Waals surface area contributed by atoms with Gasteiger partial charge < -0.3 is 20.3 Å². The van der Waals surface area contributed by atoms with Gasteiger partial charge >= 0.3 is 5.97 Å². The van der Waals surface area contributed by atoms with Crippen LogP contribution in [-0.4, -0.2) is 49.6 Å². The fraction of sp³-hybridized carbons (Fsp3) is 0.263.